The summed E-state index contributed by atoms with van der Waals surface area (Å²) in [6.07, 6.45) is 1.08. The molecular formula is C15H12BrNO4S2. The second-order valence-electron chi connectivity index (χ2n) is 4.96. The molecule has 1 aliphatic heterocycles. The van der Waals surface area contributed by atoms with Gasteiger partial charge in [0.05, 0.1) is 17.5 Å². The van der Waals surface area contributed by atoms with E-state index in [1.54, 1.807) is 12.1 Å². The zero-order valence-electron chi connectivity index (χ0n) is 12.0. The zero-order chi connectivity index (χ0) is 16.6. The Kier molecular flexibility index (Phi) is 4.39. The van der Waals surface area contributed by atoms with Crippen LogP contribution in [0, 0.1) is 0 Å². The number of ether oxygens (including phenoxy) is 1. The summed E-state index contributed by atoms with van der Waals surface area (Å²) in [6, 6.07) is 10.8. The number of Topliss-reactive ketones (excluding diaryl/α,β-unsaturated/α-hetero) is 1. The summed E-state index contributed by atoms with van der Waals surface area (Å²) in [6.45, 7) is -0.0171. The van der Waals surface area contributed by atoms with Crippen LogP contribution in [0.5, 0.6) is 5.75 Å². The SMILES string of the molecule is CS(=O)(=O)Nc1cc2c(cc1Sc1ccccc1Br)C(=O)CO2. The maximum Gasteiger partial charge on any atom is 0.229 e. The average Bonchev–Trinajstić information content (AvgIpc) is 2.81. The molecule has 0 fully saturated rings. The summed E-state index contributed by atoms with van der Waals surface area (Å²) in [7, 11) is -3.45. The van der Waals surface area contributed by atoms with Gasteiger partial charge in [-0.1, -0.05) is 23.9 Å². The number of ketones is 1. The molecule has 0 bridgehead atoms. The molecule has 120 valence electrons. The molecule has 0 spiro atoms. The normalized spacial score (nSPS) is 13.6. The first-order chi connectivity index (χ1) is 10.8. The topological polar surface area (TPSA) is 72.5 Å². The van der Waals surface area contributed by atoms with E-state index in [1.165, 1.54) is 11.8 Å². The molecule has 0 amide bonds. The predicted molar refractivity (Wildman–Crippen MR) is 93.0 cm³/mol. The number of benzene rings is 2. The molecule has 1 heterocycles. The molecule has 1 N–H and O–H groups in total. The molecule has 0 radical (unpaired) electrons. The Balaban J connectivity index is 2.08. The summed E-state index contributed by atoms with van der Waals surface area (Å²) >= 11 is 4.83. The summed E-state index contributed by atoms with van der Waals surface area (Å²) < 4.78 is 31.9. The molecule has 0 aromatic heterocycles. The van der Waals surface area contributed by atoms with Crippen LogP contribution < -0.4 is 9.46 Å². The zero-order valence-corrected chi connectivity index (χ0v) is 15.2. The molecule has 0 saturated carbocycles. The van der Waals surface area contributed by atoms with E-state index in [0.717, 1.165) is 15.6 Å². The number of nitrogens with one attached hydrogen (secondary N) is 1. The first-order valence-corrected chi connectivity index (χ1v) is 10.1. The molecule has 1 aliphatic rings. The maximum absolute atomic E-state index is 11.9. The molecule has 2 aromatic carbocycles. The molecule has 0 atom stereocenters. The van der Waals surface area contributed by atoms with Gasteiger partial charge in [0.15, 0.2) is 6.61 Å². The fourth-order valence-electron chi connectivity index (χ4n) is 2.13. The van der Waals surface area contributed by atoms with E-state index in [1.807, 2.05) is 24.3 Å². The van der Waals surface area contributed by atoms with E-state index in [-0.39, 0.29) is 12.4 Å². The molecule has 8 heteroatoms. The third-order valence-corrected chi connectivity index (χ3v) is 5.77. The predicted octanol–water partition coefficient (Wildman–Crippen LogP) is 3.55. The third-order valence-electron chi connectivity index (χ3n) is 3.09. The molecular weight excluding hydrogens is 402 g/mol. The minimum Gasteiger partial charge on any atom is -0.485 e. The van der Waals surface area contributed by atoms with Crippen LogP contribution in [0.2, 0.25) is 0 Å². The number of sulfonamides is 1. The Morgan fingerprint density at radius 2 is 1.96 bits per heavy atom. The van der Waals surface area contributed by atoms with Gasteiger partial charge in [-0.25, -0.2) is 8.42 Å². The number of carbonyl (C=O) groups excluding carboxylic acids is 1. The number of anilines is 1. The summed E-state index contributed by atoms with van der Waals surface area (Å²) in [5.74, 6) is 0.289. The molecule has 2 aromatic rings. The van der Waals surface area contributed by atoms with Gasteiger partial charge in [0.2, 0.25) is 15.8 Å². The van der Waals surface area contributed by atoms with Crippen molar-refractivity contribution >= 4 is 49.2 Å². The van der Waals surface area contributed by atoms with E-state index >= 15 is 0 Å². The van der Waals surface area contributed by atoms with Crippen molar-refractivity contribution < 1.29 is 17.9 Å². The monoisotopic (exact) mass is 413 g/mol. The smallest absolute Gasteiger partial charge is 0.229 e. The Morgan fingerprint density at radius 3 is 2.65 bits per heavy atom. The average molecular weight is 414 g/mol. The number of fused-ring (bicyclic) bond motifs is 1. The van der Waals surface area contributed by atoms with Crippen molar-refractivity contribution in [3.05, 3.63) is 46.4 Å². The number of rotatable bonds is 4. The van der Waals surface area contributed by atoms with Crippen LogP contribution in [0.25, 0.3) is 0 Å². The lowest BCUT2D eigenvalue weighted by Gasteiger charge is -2.13. The number of carbonyl (C=O) groups is 1. The van der Waals surface area contributed by atoms with Gasteiger partial charge in [0.25, 0.3) is 0 Å². The Morgan fingerprint density at radius 1 is 1.22 bits per heavy atom. The van der Waals surface area contributed by atoms with E-state index in [0.29, 0.717) is 21.9 Å². The van der Waals surface area contributed by atoms with Gasteiger partial charge < -0.3 is 4.74 Å². The van der Waals surface area contributed by atoms with Gasteiger partial charge in [-0.2, -0.15) is 0 Å². The molecule has 0 aliphatic carbocycles. The number of halogens is 1. The van der Waals surface area contributed by atoms with Gasteiger partial charge in [-0.05, 0) is 34.1 Å². The van der Waals surface area contributed by atoms with Crippen LogP contribution in [0.15, 0.2) is 50.7 Å². The highest BCUT2D eigenvalue weighted by molar-refractivity contribution is 9.10. The highest BCUT2D eigenvalue weighted by atomic mass is 79.9. The number of hydrogen-bond acceptors (Lipinski definition) is 5. The lowest BCUT2D eigenvalue weighted by molar-refractivity contribution is 0.0961. The Labute approximate surface area is 146 Å². The van der Waals surface area contributed by atoms with Crippen LogP contribution in [-0.2, 0) is 10.0 Å². The van der Waals surface area contributed by atoms with Gasteiger partial charge >= 0.3 is 0 Å². The Hall–Kier alpha value is -1.51. The van der Waals surface area contributed by atoms with Crippen molar-refractivity contribution in [2.24, 2.45) is 0 Å². The highest BCUT2D eigenvalue weighted by Crippen LogP contribution is 2.41. The first-order valence-electron chi connectivity index (χ1n) is 6.58. The van der Waals surface area contributed by atoms with E-state index in [4.69, 9.17) is 4.74 Å². The van der Waals surface area contributed by atoms with E-state index in [2.05, 4.69) is 20.7 Å². The van der Waals surface area contributed by atoms with Crippen LogP contribution in [0.4, 0.5) is 5.69 Å². The van der Waals surface area contributed by atoms with Crippen molar-refractivity contribution in [2.45, 2.75) is 9.79 Å². The molecule has 0 unspecified atom stereocenters. The van der Waals surface area contributed by atoms with Crippen LogP contribution in [-0.4, -0.2) is 27.1 Å². The largest absolute Gasteiger partial charge is 0.485 e. The third kappa shape index (κ3) is 3.70. The lowest BCUT2D eigenvalue weighted by atomic mass is 10.1. The van der Waals surface area contributed by atoms with Crippen LogP contribution in [0.3, 0.4) is 0 Å². The van der Waals surface area contributed by atoms with Crippen LogP contribution in [0.1, 0.15) is 10.4 Å². The van der Waals surface area contributed by atoms with Crippen molar-refractivity contribution in [1.82, 2.24) is 0 Å². The van der Waals surface area contributed by atoms with Crippen molar-refractivity contribution in [3.8, 4) is 5.75 Å². The minimum atomic E-state index is -3.45. The van der Waals surface area contributed by atoms with Gasteiger partial charge in [-0.15, -0.1) is 0 Å². The molecule has 23 heavy (non-hydrogen) atoms. The van der Waals surface area contributed by atoms with E-state index in [9.17, 15) is 13.2 Å². The second-order valence-corrected chi connectivity index (χ2v) is 8.65. The van der Waals surface area contributed by atoms with Gasteiger partial charge in [0.1, 0.15) is 5.75 Å². The fourth-order valence-corrected chi connectivity index (χ4v) is 4.23. The van der Waals surface area contributed by atoms with Crippen molar-refractivity contribution in [3.63, 3.8) is 0 Å². The van der Waals surface area contributed by atoms with Gasteiger partial charge in [0, 0.05) is 20.3 Å². The molecule has 0 saturated heterocycles. The van der Waals surface area contributed by atoms with Crippen LogP contribution >= 0.6 is 27.7 Å². The Bertz CT molecular complexity index is 896. The fraction of sp³-hybridized carbons (Fsp3) is 0.133. The molecule has 3 rings (SSSR count). The second kappa shape index (κ2) is 6.18. The van der Waals surface area contributed by atoms with Gasteiger partial charge in [-0.3, -0.25) is 9.52 Å². The number of hydrogen-bond donors (Lipinski definition) is 1. The summed E-state index contributed by atoms with van der Waals surface area (Å²) in [5.41, 5.74) is 0.861. The van der Waals surface area contributed by atoms with E-state index < -0.39 is 10.0 Å². The standard InChI is InChI=1S/C15H12BrNO4S2/c1-23(19,20)17-11-7-13-9(12(18)8-21-13)6-15(11)22-14-5-3-2-4-10(14)16/h2-7,17H,8H2,1H3. The lowest BCUT2D eigenvalue weighted by Crippen LogP contribution is -2.10. The first kappa shape index (κ1) is 16.4. The quantitative estimate of drug-likeness (QED) is 0.829. The van der Waals surface area contributed by atoms with Crippen molar-refractivity contribution in [1.29, 1.82) is 0 Å². The highest BCUT2D eigenvalue weighted by Gasteiger charge is 2.24. The summed E-state index contributed by atoms with van der Waals surface area (Å²) in [5, 5.41) is 0. The summed E-state index contributed by atoms with van der Waals surface area (Å²) in [4.78, 5) is 13.4. The minimum absolute atomic E-state index is 0.0171. The molecule has 5 nitrogen and oxygen atoms in total. The maximum atomic E-state index is 11.9. The van der Waals surface area contributed by atoms with Crippen molar-refractivity contribution in [2.75, 3.05) is 17.6 Å².